The minimum atomic E-state index is -4.78. The first-order chi connectivity index (χ1) is 10.8. The number of halogens is 4. The number of carbonyl (C=O) groups is 1. The molecule has 2 aromatic carbocycles. The summed E-state index contributed by atoms with van der Waals surface area (Å²) in [6.07, 6.45) is -4.78. The molecule has 8 heteroatoms. The highest BCUT2D eigenvalue weighted by molar-refractivity contribution is 5.88. The second-order valence-electron chi connectivity index (χ2n) is 4.57. The van der Waals surface area contributed by atoms with E-state index in [1.54, 1.807) is 0 Å². The topological polar surface area (TPSA) is 62.0 Å². The predicted octanol–water partition coefficient (Wildman–Crippen LogP) is 4.83. The fourth-order valence-electron chi connectivity index (χ4n) is 1.79. The maximum absolute atomic E-state index is 13.1. The molecule has 1 N–H and O–H groups in total. The highest BCUT2D eigenvalue weighted by Crippen LogP contribution is 2.32. The van der Waals surface area contributed by atoms with Crippen molar-refractivity contribution in [3.63, 3.8) is 0 Å². The summed E-state index contributed by atoms with van der Waals surface area (Å²) in [5, 5.41) is 16.3. The predicted molar refractivity (Wildman–Crippen MR) is 73.0 cm³/mol. The van der Waals surface area contributed by atoms with Crippen molar-refractivity contribution in [3.05, 3.63) is 65.0 Å². The zero-order valence-corrected chi connectivity index (χ0v) is 11.5. The molecule has 2 aromatic rings. The second-order valence-corrected chi connectivity index (χ2v) is 4.57. The molecule has 4 nitrogen and oxygen atoms in total. The van der Waals surface area contributed by atoms with Crippen molar-refractivity contribution in [2.45, 2.75) is 12.7 Å². The lowest BCUT2D eigenvalue weighted by Gasteiger charge is -2.08. The van der Waals surface area contributed by atoms with Crippen LogP contribution < -0.4 is 0 Å². The molecular formula is C15H10F4N2O2. The Morgan fingerprint density at radius 2 is 1.87 bits per heavy atom. The SMILES string of the molecule is O=C(O)c1cccc(N=NCc2ccc(F)c(C(F)(F)F)c2)c1. The fraction of sp³-hybridized carbons (Fsp3) is 0.133. The molecule has 120 valence electrons. The normalized spacial score (nSPS) is 11.8. The van der Waals surface area contributed by atoms with E-state index in [-0.39, 0.29) is 23.4 Å². The minimum Gasteiger partial charge on any atom is -0.478 e. The highest BCUT2D eigenvalue weighted by Gasteiger charge is 2.34. The lowest BCUT2D eigenvalue weighted by molar-refractivity contribution is -0.140. The molecular weight excluding hydrogens is 316 g/mol. The van der Waals surface area contributed by atoms with Crippen LogP contribution in [0.25, 0.3) is 0 Å². The molecule has 0 aromatic heterocycles. The van der Waals surface area contributed by atoms with Crippen molar-refractivity contribution in [2.24, 2.45) is 10.2 Å². The molecule has 0 atom stereocenters. The lowest BCUT2D eigenvalue weighted by atomic mass is 10.1. The van der Waals surface area contributed by atoms with E-state index in [9.17, 15) is 22.4 Å². The first kappa shape index (κ1) is 16.6. The average molecular weight is 326 g/mol. The van der Waals surface area contributed by atoms with Gasteiger partial charge in [0.1, 0.15) is 5.82 Å². The lowest BCUT2D eigenvalue weighted by Crippen LogP contribution is -2.08. The Hall–Kier alpha value is -2.77. The van der Waals surface area contributed by atoms with E-state index in [4.69, 9.17) is 5.11 Å². The molecule has 0 saturated heterocycles. The third-order valence-corrected chi connectivity index (χ3v) is 2.87. The molecule has 2 rings (SSSR count). The molecule has 0 fully saturated rings. The van der Waals surface area contributed by atoms with E-state index in [1.165, 1.54) is 30.3 Å². The molecule has 0 heterocycles. The van der Waals surface area contributed by atoms with Gasteiger partial charge in [0, 0.05) is 0 Å². The molecule has 0 unspecified atom stereocenters. The Kier molecular flexibility index (Phi) is 4.73. The van der Waals surface area contributed by atoms with Crippen molar-refractivity contribution in [1.29, 1.82) is 0 Å². The summed E-state index contributed by atoms with van der Waals surface area (Å²) in [5.41, 5.74) is -0.958. The van der Waals surface area contributed by atoms with Gasteiger partial charge in [0.25, 0.3) is 0 Å². The van der Waals surface area contributed by atoms with Crippen LogP contribution in [-0.4, -0.2) is 11.1 Å². The first-order valence-electron chi connectivity index (χ1n) is 6.34. The number of hydrogen-bond donors (Lipinski definition) is 1. The Labute approximate surface area is 128 Å². The van der Waals surface area contributed by atoms with Crippen LogP contribution in [0, 0.1) is 5.82 Å². The summed E-state index contributed by atoms with van der Waals surface area (Å²) in [4.78, 5) is 10.8. The zero-order valence-electron chi connectivity index (χ0n) is 11.5. The maximum atomic E-state index is 13.1. The first-order valence-corrected chi connectivity index (χ1v) is 6.34. The third kappa shape index (κ3) is 4.35. The second kappa shape index (κ2) is 6.55. The summed E-state index contributed by atoms with van der Waals surface area (Å²) in [5.74, 6) is -2.48. The average Bonchev–Trinajstić information content (AvgIpc) is 2.48. The third-order valence-electron chi connectivity index (χ3n) is 2.87. The number of rotatable bonds is 4. The van der Waals surface area contributed by atoms with Gasteiger partial charge in [-0.25, -0.2) is 9.18 Å². The van der Waals surface area contributed by atoms with Crippen LogP contribution in [0.2, 0.25) is 0 Å². The zero-order chi connectivity index (χ0) is 17.0. The summed E-state index contributed by atoms with van der Waals surface area (Å²) in [6, 6.07) is 8.19. The van der Waals surface area contributed by atoms with Gasteiger partial charge in [-0.1, -0.05) is 12.1 Å². The van der Waals surface area contributed by atoms with Gasteiger partial charge in [0.2, 0.25) is 0 Å². The van der Waals surface area contributed by atoms with Crippen molar-refractivity contribution >= 4 is 11.7 Å². The standard InChI is InChI=1S/C15H10F4N2O2/c16-13-5-4-9(6-12(13)15(17,18)19)8-20-21-11-3-1-2-10(7-11)14(22)23/h1-7H,8H2,(H,22,23). The molecule has 0 amide bonds. The van der Waals surface area contributed by atoms with Crippen LogP contribution in [0.1, 0.15) is 21.5 Å². The van der Waals surface area contributed by atoms with Gasteiger partial charge in [-0.15, -0.1) is 0 Å². The van der Waals surface area contributed by atoms with Crippen LogP contribution in [0.3, 0.4) is 0 Å². The largest absolute Gasteiger partial charge is 0.478 e. The van der Waals surface area contributed by atoms with E-state index >= 15 is 0 Å². The number of carboxylic acid groups (broad SMARTS) is 1. The van der Waals surface area contributed by atoms with Crippen LogP contribution in [0.5, 0.6) is 0 Å². The maximum Gasteiger partial charge on any atom is 0.419 e. The molecule has 0 aliphatic heterocycles. The summed E-state index contributed by atoms with van der Waals surface area (Å²) >= 11 is 0. The number of hydrogen-bond acceptors (Lipinski definition) is 3. The van der Waals surface area contributed by atoms with E-state index in [0.29, 0.717) is 6.07 Å². The van der Waals surface area contributed by atoms with Gasteiger partial charge in [0.15, 0.2) is 0 Å². The smallest absolute Gasteiger partial charge is 0.419 e. The summed E-state index contributed by atoms with van der Waals surface area (Å²) < 4.78 is 50.9. The number of alkyl halides is 3. The van der Waals surface area contributed by atoms with Crippen LogP contribution in [-0.2, 0) is 12.7 Å². The molecule has 0 spiro atoms. The molecule has 0 saturated carbocycles. The fourth-order valence-corrected chi connectivity index (χ4v) is 1.79. The molecule has 23 heavy (non-hydrogen) atoms. The van der Waals surface area contributed by atoms with Gasteiger partial charge in [-0.3, -0.25) is 0 Å². The Balaban J connectivity index is 2.15. The van der Waals surface area contributed by atoms with Crippen LogP contribution in [0.4, 0.5) is 23.2 Å². The molecule has 0 bridgehead atoms. The van der Waals surface area contributed by atoms with Gasteiger partial charge < -0.3 is 5.11 Å². The van der Waals surface area contributed by atoms with E-state index < -0.39 is 23.5 Å². The Morgan fingerprint density at radius 1 is 1.13 bits per heavy atom. The van der Waals surface area contributed by atoms with Crippen LogP contribution >= 0.6 is 0 Å². The molecule has 0 aliphatic carbocycles. The summed E-state index contributed by atoms with van der Waals surface area (Å²) in [6.45, 7) is -0.194. The quantitative estimate of drug-likeness (QED) is 0.646. The number of aromatic carboxylic acids is 1. The van der Waals surface area contributed by atoms with Gasteiger partial charge in [0.05, 0.1) is 23.4 Å². The summed E-state index contributed by atoms with van der Waals surface area (Å²) in [7, 11) is 0. The minimum absolute atomic E-state index is 0.0163. The van der Waals surface area contributed by atoms with Crippen LogP contribution in [0.15, 0.2) is 52.7 Å². The monoisotopic (exact) mass is 326 g/mol. The number of benzene rings is 2. The Bertz CT molecular complexity index is 757. The molecule has 0 aliphatic rings. The van der Waals surface area contributed by atoms with Crippen molar-refractivity contribution in [2.75, 3.05) is 0 Å². The van der Waals surface area contributed by atoms with Crippen molar-refractivity contribution in [3.8, 4) is 0 Å². The number of carboxylic acids is 1. The van der Waals surface area contributed by atoms with Crippen molar-refractivity contribution < 1.29 is 27.5 Å². The van der Waals surface area contributed by atoms with E-state index in [1.807, 2.05) is 0 Å². The van der Waals surface area contributed by atoms with Gasteiger partial charge in [-0.2, -0.15) is 23.4 Å². The van der Waals surface area contributed by atoms with Crippen molar-refractivity contribution in [1.82, 2.24) is 0 Å². The highest BCUT2D eigenvalue weighted by atomic mass is 19.4. The number of nitrogens with zero attached hydrogens (tertiary/aromatic N) is 2. The van der Waals surface area contributed by atoms with E-state index in [2.05, 4.69) is 10.2 Å². The van der Waals surface area contributed by atoms with E-state index in [0.717, 1.165) is 6.07 Å². The Morgan fingerprint density at radius 3 is 2.52 bits per heavy atom. The number of azo groups is 1. The van der Waals surface area contributed by atoms with Gasteiger partial charge in [-0.05, 0) is 35.9 Å². The van der Waals surface area contributed by atoms with Gasteiger partial charge >= 0.3 is 12.1 Å². The molecule has 0 radical (unpaired) electrons.